The summed E-state index contributed by atoms with van der Waals surface area (Å²) < 4.78 is 51.6. The number of hydrogen-bond donors (Lipinski definition) is 0. The normalized spacial score (nSPS) is 16.7. The highest BCUT2D eigenvalue weighted by Gasteiger charge is 2.12. The monoisotopic (exact) mass is 238 g/mol. The van der Waals surface area contributed by atoms with Crippen molar-refractivity contribution in [2.45, 2.75) is 0 Å². The second kappa shape index (κ2) is 3.62. The van der Waals surface area contributed by atoms with Crippen LogP contribution in [-0.4, -0.2) is 18.0 Å². The van der Waals surface area contributed by atoms with Crippen molar-refractivity contribution >= 4 is 21.9 Å². The molecule has 0 fully saturated rings. The summed E-state index contributed by atoms with van der Waals surface area (Å²) in [5, 5.41) is 0. The van der Waals surface area contributed by atoms with E-state index in [1.807, 2.05) is 0 Å². The molecule has 64 valence electrons. The predicted octanol–water partition coefficient (Wildman–Crippen LogP) is 1.77. The van der Waals surface area contributed by atoms with Crippen molar-refractivity contribution in [3.8, 4) is 0 Å². The fraction of sp³-hybridized carbons (Fsp3) is 0.143. The van der Waals surface area contributed by atoms with E-state index < -0.39 is 36.6 Å². The van der Waals surface area contributed by atoms with Crippen LogP contribution >= 0.6 is 15.9 Å². The Morgan fingerprint density at radius 1 is 2.00 bits per heavy atom. The number of methoxy groups -OCH3 is 1. The van der Waals surface area contributed by atoms with E-state index in [1.54, 1.807) is 0 Å². The van der Waals surface area contributed by atoms with Crippen LogP contribution in [0.3, 0.4) is 0 Å². The minimum atomic E-state index is -3.05. The number of nitrogens with zero attached hydrogens (tertiary/aromatic N) is 1. The number of aromatic nitrogens is 1. The Morgan fingerprint density at radius 3 is 3.42 bits per heavy atom. The lowest BCUT2D eigenvalue weighted by Crippen LogP contribution is -2.04. The van der Waals surface area contributed by atoms with Crippen LogP contribution in [0.25, 0.3) is 0 Å². The van der Waals surface area contributed by atoms with Gasteiger partial charge in [0.05, 0.1) is 25.6 Å². The van der Waals surface area contributed by atoms with E-state index in [0.717, 1.165) is 0 Å². The topological polar surface area (TPSA) is 39.2 Å². The molecule has 1 aromatic rings. The van der Waals surface area contributed by atoms with Gasteiger partial charge >= 0.3 is 5.97 Å². The molecule has 0 unspecified atom stereocenters. The zero-order valence-corrected chi connectivity index (χ0v) is 7.11. The van der Waals surface area contributed by atoms with Crippen LogP contribution in [0.15, 0.2) is 16.8 Å². The third kappa shape index (κ3) is 1.79. The van der Waals surface area contributed by atoms with Crippen LogP contribution in [0.2, 0.25) is 0 Å². The smallest absolute Gasteiger partial charge is 0.341 e. The lowest BCUT2D eigenvalue weighted by Gasteiger charge is -1.99. The number of halogens is 2. The van der Waals surface area contributed by atoms with Gasteiger partial charge in [-0.1, -0.05) is 0 Å². The fourth-order valence-corrected chi connectivity index (χ4v) is 0.819. The number of pyridine rings is 1. The molecule has 0 spiro atoms. The van der Waals surface area contributed by atoms with Gasteiger partial charge in [-0.2, -0.15) is 0 Å². The first-order valence-corrected chi connectivity index (χ1v) is 3.48. The summed E-state index contributed by atoms with van der Waals surface area (Å²) in [6.45, 7) is 0. The Morgan fingerprint density at radius 2 is 2.75 bits per heavy atom. The number of rotatable bonds is 1. The molecule has 1 aromatic heterocycles. The molecule has 1 heterocycles. The van der Waals surface area contributed by atoms with Crippen molar-refractivity contribution in [3.63, 3.8) is 0 Å². The Balaban J connectivity index is 3.27. The van der Waals surface area contributed by atoms with Crippen molar-refractivity contribution in [2.24, 2.45) is 0 Å². The minimum Gasteiger partial charge on any atom is -0.465 e. The molecule has 0 aliphatic heterocycles. The minimum absolute atomic E-state index is 0.249. The fourth-order valence-electron chi connectivity index (χ4n) is 0.532. The summed E-state index contributed by atoms with van der Waals surface area (Å²) in [6.07, 6.45) is -0.884. The quantitative estimate of drug-likeness (QED) is 0.553. The number of hydrogen-bond acceptors (Lipinski definition) is 3. The molecule has 1 rings (SSSR count). The van der Waals surface area contributed by atoms with Crippen LogP contribution in [-0.2, 0) is 4.74 Å². The second-order valence-electron chi connectivity index (χ2n) is 1.72. The Labute approximate surface area is 83.7 Å². The molecular weight excluding hydrogens is 229 g/mol. The van der Waals surface area contributed by atoms with Crippen molar-refractivity contribution in [1.82, 2.24) is 4.98 Å². The first kappa shape index (κ1) is 4.32. The Hall–Kier alpha value is -0.970. The maximum absolute atomic E-state index is 13.4. The maximum atomic E-state index is 13.4. The van der Waals surface area contributed by atoms with E-state index >= 15 is 0 Å². The molecule has 0 bridgehead atoms. The average Bonchev–Trinajstić information content (AvgIpc) is 2.12. The number of esters is 1. The average molecular weight is 239 g/mol. The van der Waals surface area contributed by atoms with Crippen molar-refractivity contribution in [1.29, 1.82) is 0 Å². The molecule has 0 N–H and O–H groups in total. The van der Waals surface area contributed by atoms with Gasteiger partial charge in [-0.25, -0.2) is 14.2 Å². The van der Waals surface area contributed by atoms with Gasteiger partial charge in [0, 0.05) is 0 Å². The Bertz CT molecular complexity index is 452. The van der Waals surface area contributed by atoms with Crippen molar-refractivity contribution in [3.05, 3.63) is 28.2 Å². The standard InChI is InChI=1S/C7H5BrFNO2/c1-12-7(11)4-2-6(8)10-3-5(4)9/h2-3H,1H3/i1D3,2D,3D. The van der Waals surface area contributed by atoms with Gasteiger partial charge < -0.3 is 4.74 Å². The van der Waals surface area contributed by atoms with E-state index in [4.69, 9.17) is 6.85 Å². The molecule has 3 nitrogen and oxygen atoms in total. The predicted molar refractivity (Wildman–Crippen MR) is 43.2 cm³/mol. The lowest BCUT2D eigenvalue weighted by molar-refractivity contribution is 0.0595. The van der Waals surface area contributed by atoms with Crippen LogP contribution in [0.5, 0.6) is 0 Å². The second-order valence-corrected chi connectivity index (χ2v) is 2.47. The maximum Gasteiger partial charge on any atom is 0.341 e. The third-order valence-corrected chi connectivity index (χ3v) is 1.37. The van der Waals surface area contributed by atoms with Crippen LogP contribution in [0.1, 0.15) is 17.2 Å². The van der Waals surface area contributed by atoms with E-state index in [-0.39, 0.29) is 4.60 Å². The molecule has 0 saturated carbocycles. The number of ether oxygens (including phenoxy) is 1. The van der Waals surface area contributed by atoms with Crippen LogP contribution < -0.4 is 0 Å². The summed E-state index contributed by atoms with van der Waals surface area (Å²) in [4.78, 5) is 14.6. The van der Waals surface area contributed by atoms with E-state index in [0.29, 0.717) is 0 Å². The van der Waals surface area contributed by atoms with Gasteiger partial charge in [0.25, 0.3) is 0 Å². The van der Waals surface area contributed by atoms with Crippen LogP contribution in [0, 0.1) is 5.82 Å². The molecule has 0 aromatic carbocycles. The highest BCUT2D eigenvalue weighted by molar-refractivity contribution is 9.10. The van der Waals surface area contributed by atoms with Crippen molar-refractivity contribution < 1.29 is 20.8 Å². The molecule has 0 aliphatic carbocycles. The van der Waals surface area contributed by atoms with Gasteiger partial charge in [0.1, 0.15) is 4.60 Å². The summed E-state index contributed by atoms with van der Waals surface area (Å²) in [5.41, 5.74) is -0.937. The largest absolute Gasteiger partial charge is 0.465 e. The van der Waals surface area contributed by atoms with E-state index in [1.165, 1.54) is 0 Å². The third-order valence-electron chi connectivity index (χ3n) is 0.997. The van der Waals surface area contributed by atoms with Crippen molar-refractivity contribution in [2.75, 3.05) is 7.04 Å². The van der Waals surface area contributed by atoms with Gasteiger partial charge in [-0.05, 0) is 22.0 Å². The lowest BCUT2D eigenvalue weighted by atomic mass is 10.3. The van der Waals surface area contributed by atoms with Gasteiger partial charge in [-0.15, -0.1) is 0 Å². The van der Waals surface area contributed by atoms with Gasteiger partial charge in [0.15, 0.2) is 5.82 Å². The zero-order chi connectivity index (χ0) is 13.4. The first-order chi connectivity index (χ1) is 7.63. The summed E-state index contributed by atoms with van der Waals surface area (Å²) in [6, 6.07) is -0.673. The molecule has 12 heavy (non-hydrogen) atoms. The number of carbonyl (C=O) groups is 1. The SMILES string of the molecule is [2H]c1nc(Br)c([2H])c(C(=O)OC([2H])([2H])[2H])c1F. The highest BCUT2D eigenvalue weighted by atomic mass is 79.9. The summed E-state index contributed by atoms with van der Waals surface area (Å²) in [7, 11) is -3.05. The van der Waals surface area contributed by atoms with E-state index in [9.17, 15) is 9.18 Å². The Kier molecular flexibility index (Phi) is 1.30. The molecule has 5 heteroatoms. The molecule has 0 atom stereocenters. The molecule has 0 aliphatic rings. The molecular formula is C7H5BrFNO2. The van der Waals surface area contributed by atoms with Gasteiger partial charge in [0.2, 0.25) is 0 Å². The summed E-state index contributed by atoms with van der Waals surface area (Å²) in [5.74, 6) is -2.93. The van der Waals surface area contributed by atoms with Gasteiger partial charge in [-0.3, -0.25) is 0 Å². The zero-order valence-electron chi connectivity index (χ0n) is 10.5. The van der Waals surface area contributed by atoms with Crippen LogP contribution in [0.4, 0.5) is 4.39 Å². The summed E-state index contributed by atoms with van der Waals surface area (Å²) >= 11 is 2.75. The number of carbonyl (C=O) groups excluding carboxylic acids is 1. The highest BCUT2D eigenvalue weighted by Crippen LogP contribution is 2.12. The first-order valence-electron chi connectivity index (χ1n) is 5.19. The molecule has 0 amide bonds. The molecule has 0 radical (unpaired) electrons. The molecule has 0 saturated heterocycles. The van der Waals surface area contributed by atoms with E-state index in [2.05, 4.69) is 25.7 Å².